The van der Waals surface area contributed by atoms with Crippen molar-refractivity contribution in [1.82, 2.24) is 19.5 Å². The highest BCUT2D eigenvalue weighted by atomic mass is 32.1. The summed E-state index contributed by atoms with van der Waals surface area (Å²) in [6.07, 6.45) is 0. The van der Waals surface area contributed by atoms with Crippen LogP contribution in [0.4, 0.5) is 0 Å². The molecule has 0 atom stereocenters. The Bertz CT molecular complexity index is 4030. The molecule has 310 valence electrons. The van der Waals surface area contributed by atoms with Crippen molar-refractivity contribution in [3.05, 3.63) is 205 Å². The van der Waals surface area contributed by atoms with Crippen LogP contribution in [0.5, 0.6) is 0 Å². The Balaban J connectivity index is 1.29. The second-order valence-corrected chi connectivity index (χ2v) is 18.5. The van der Waals surface area contributed by atoms with Gasteiger partial charge in [-0.1, -0.05) is 182 Å². The van der Waals surface area contributed by atoms with Crippen LogP contribution in [0, 0.1) is 22.7 Å². The van der Waals surface area contributed by atoms with Crippen LogP contribution in [-0.4, -0.2) is 19.5 Å². The Morgan fingerprint density at radius 3 is 1.19 bits per heavy atom. The van der Waals surface area contributed by atoms with E-state index in [4.69, 9.17) is 15.0 Å². The number of benzene rings is 9. The number of thiophene rings is 2. The van der Waals surface area contributed by atoms with Gasteiger partial charge < -0.3 is 4.57 Å². The molecule has 0 bridgehead atoms. The van der Waals surface area contributed by atoms with Crippen LogP contribution in [0.1, 0.15) is 11.1 Å². The third kappa shape index (κ3) is 5.95. The second kappa shape index (κ2) is 15.4. The van der Waals surface area contributed by atoms with Crippen LogP contribution in [0.3, 0.4) is 0 Å². The summed E-state index contributed by atoms with van der Waals surface area (Å²) in [4.78, 5) is 15.5. The lowest BCUT2D eigenvalue weighted by Gasteiger charge is -2.24. The Labute approximate surface area is 392 Å². The monoisotopic (exact) mass is 888 g/mol. The lowest BCUT2D eigenvalue weighted by atomic mass is 9.83. The van der Waals surface area contributed by atoms with E-state index in [1.165, 1.54) is 20.2 Å². The molecule has 4 heterocycles. The lowest BCUT2D eigenvalue weighted by molar-refractivity contribution is 1.07. The van der Waals surface area contributed by atoms with Gasteiger partial charge in [0.25, 0.3) is 0 Å². The molecule has 0 radical (unpaired) electrons. The van der Waals surface area contributed by atoms with E-state index in [2.05, 4.69) is 114 Å². The van der Waals surface area contributed by atoms with Gasteiger partial charge in [-0.05, 0) is 23.3 Å². The highest BCUT2D eigenvalue weighted by molar-refractivity contribution is 7.27. The molecular weight excluding hydrogens is 857 g/mol. The smallest absolute Gasteiger partial charge is 0.166 e. The number of nitrogens with zero attached hydrogens (tertiary/aromatic N) is 6. The summed E-state index contributed by atoms with van der Waals surface area (Å²) >= 11 is 3.52. The molecule has 13 rings (SSSR count). The van der Waals surface area contributed by atoms with Crippen LogP contribution in [-0.2, 0) is 0 Å². The number of rotatable bonds is 6. The molecule has 0 aliphatic heterocycles. The number of fused-ring (bicyclic) bond motifs is 11. The van der Waals surface area contributed by atoms with E-state index in [-0.39, 0.29) is 11.1 Å². The van der Waals surface area contributed by atoms with Gasteiger partial charge in [-0.15, -0.1) is 22.7 Å². The van der Waals surface area contributed by atoms with Gasteiger partial charge in [0.1, 0.15) is 12.1 Å². The predicted molar refractivity (Wildman–Crippen MR) is 277 cm³/mol. The van der Waals surface area contributed by atoms with E-state index < -0.39 is 0 Å². The summed E-state index contributed by atoms with van der Waals surface area (Å²) in [5, 5.41) is 30.5. The van der Waals surface area contributed by atoms with Gasteiger partial charge in [-0.25, -0.2) is 15.0 Å². The van der Waals surface area contributed by atoms with E-state index in [1.807, 2.05) is 97.1 Å². The van der Waals surface area contributed by atoms with Gasteiger partial charge >= 0.3 is 0 Å². The third-order valence-corrected chi connectivity index (χ3v) is 15.1. The van der Waals surface area contributed by atoms with E-state index in [0.29, 0.717) is 28.7 Å². The zero-order chi connectivity index (χ0) is 44.6. The fraction of sp³-hybridized carbons (Fsp3) is 0. The zero-order valence-electron chi connectivity index (χ0n) is 35.5. The molecule has 67 heavy (non-hydrogen) atoms. The van der Waals surface area contributed by atoms with Crippen molar-refractivity contribution in [2.45, 2.75) is 0 Å². The van der Waals surface area contributed by atoms with Crippen molar-refractivity contribution < 1.29 is 0 Å². The molecule has 9 aromatic carbocycles. The van der Waals surface area contributed by atoms with Crippen molar-refractivity contribution >= 4 is 84.8 Å². The number of hydrogen-bond acceptors (Lipinski definition) is 7. The van der Waals surface area contributed by atoms with Crippen LogP contribution in [0.15, 0.2) is 194 Å². The van der Waals surface area contributed by atoms with E-state index in [9.17, 15) is 10.5 Å². The standard InChI is InChI=1S/C59H32N6S2/c60-33-45-46(34-61)52(65-53-41(29-31-43-39-25-13-15-27-47(39)66-55(43)53)42-30-32-44-40-26-14-16-28-48(40)67-56(44)54(42)65)50(36-19-7-2-8-20-36)49(35-17-5-1-6-18-35)51(45)59-63-57(37-21-9-3-10-22-37)62-58(64-59)38-23-11-4-12-24-38/h1-32H. The van der Waals surface area contributed by atoms with Crippen LogP contribution in [0.2, 0.25) is 0 Å². The molecule has 0 aliphatic carbocycles. The van der Waals surface area contributed by atoms with E-state index in [0.717, 1.165) is 75.4 Å². The highest BCUT2D eigenvalue weighted by Crippen LogP contribution is 2.52. The minimum Gasteiger partial charge on any atom is -0.304 e. The summed E-state index contributed by atoms with van der Waals surface area (Å²) < 4.78 is 6.89. The lowest BCUT2D eigenvalue weighted by Crippen LogP contribution is -2.10. The first kappa shape index (κ1) is 38.6. The molecule has 0 saturated carbocycles. The summed E-state index contributed by atoms with van der Waals surface area (Å²) in [7, 11) is 0. The number of nitriles is 2. The Morgan fingerprint density at radius 2 is 0.731 bits per heavy atom. The summed E-state index contributed by atoms with van der Waals surface area (Å²) in [5.74, 6) is 1.21. The average molecular weight is 889 g/mol. The largest absolute Gasteiger partial charge is 0.304 e. The first-order chi connectivity index (χ1) is 33.2. The molecule has 0 unspecified atom stereocenters. The molecule has 0 aliphatic rings. The van der Waals surface area contributed by atoms with Crippen molar-refractivity contribution in [1.29, 1.82) is 10.5 Å². The second-order valence-electron chi connectivity index (χ2n) is 16.4. The minimum atomic E-state index is 0.183. The molecule has 4 aromatic heterocycles. The van der Waals surface area contributed by atoms with Crippen molar-refractivity contribution in [3.8, 4) is 74.2 Å². The van der Waals surface area contributed by atoms with Gasteiger partial charge in [-0.2, -0.15) is 10.5 Å². The molecule has 0 N–H and O–H groups in total. The summed E-state index contributed by atoms with van der Waals surface area (Å²) in [6, 6.07) is 71.4. The molecule has 8 heteroatoms. The minimum absolute atomic E-state index is 0.183. The molecule has 13 aromatic rings. The molecule has 6 nitrogen and oxygen atoms in total. The van der Waals surface area contributed by atoms with Crippen molar-refractivity contribution in [2.24, 2.45) is 0 Å². The topological polar surface area (TPSA) is 91.2 Å². The predicted octanol–water partition coefficient (Wildman–Crippen LogP) is 15.8. The van der Waals surface area contributed by atoms with Crippen LogP contribution in [0.25, 0.3) is 124 Å². The van der Waals surface area contributed by atoms with Gasteiger partial charge in [0, 0.05) is 69.5 Å². The molecule has 0 saturated heterocycles. The van der Waals surface area contributed by atoms with Crippen LogP contribution < -0.4 is 0 Å². The molecular formula is C59H32N6S2. The van der Waals surface area contributed by atoms with Gasteiger partial charge in [0.2, 0.25) is 0 Å². The zero-order valence-corrected chi connectivity index (χ0v) is 37.1. The van der Waals surface area contributed by atoms with Gasteiger partial charge in [0.05, 0.1) is 37.2 Å². The van der Waals surface area contributed by atoms with Crippen molar-refractivity contribution in [2.75, 3.05) is 0 Å². The quantitative estimate of drug-likeness (QED) is 0.166. The highest BCUT2D eigenvalue weighted by Gasteiger charge is 2.33. The molecule has 0 spiro atoms. The van der Waals surface area contributed by atoms with Gasteiger partial charge in [-0.3, -0.25) is 0 Å². The van der Waals surface area contributed by atoms with Crippen molar-refractivity contribution in [3.63, 3.8) is 0 Å². The summed E-state index contributed by atoms with van der Waals surface area (Å²) in [5.41, 5.74) is 8.33. The maximum atomic E-state index is 11.9. The number of hydrogen-bond donors (Lipinski definition) is 0. The fourth-order valence-electron chi connectivity index (χ4n) is 9.87. The maximum Gasteiger partial charge on any atom is 0.166 e. The normalized spacial score (nSPS) is 11.6. The number of aromatic nitrogens is 4. The van der Waals surface area contributed by atoms with E-state index in [1.54, 1.807) is 22.7 Å². The fourth-order valence-corrected chi connectivity index (χ4v) is 12.3. The average Bonchev–Trinajstić information content (AvgIpc) is 4.08. The third-order valence-electron chi connectivity index (χ3n) is 12.7. The maximum absolute atomic E-state index is 11.9. The molecule has 0 fully saturated rings. The first-order valence-corrected chi connectivity index (χ1v) is 23.5. The first-order valence-electron chi connectivity index (χ1n) is 21.9. The summed E-state index contributed by atoms with van der Waals surface area (Å²) in [6.45, 7) is 0. The Kier molecular flexibility index (Phi) is 8.90. The van der Waals surface area contributed by atoms with Gasteiger partial charge in [0.15, 0.2) is 17.5 Å². The van der Waals surface area contributed by atoms with Crippen LogP contribution >= 0.6 is 22.7 Å². The Morgan fingerprint density at radius 1 is 0.343 bits per heavy atom. The Hall–Kier alpha value is -8.79. The van der Waals surface area contributed by atoms with E-state index >= 15 is 0 Å². The SMILES string of the molecule is N#Cc1c(C#N)c(-n2c3c(ccc4c5ccccc5sc43)c3ccc4c5ccccc5sc4c32)c(-c2ccccc2)c(-c2ccccc2)c1-c1nc(-c2ccccc2)nc(-c2ccccc2)n1. The molecule has 0 amide bonds.